The number of hydrogen-bond acceptors (Lipinski definition) is 3. The first kappa shape index (κ1) is 19.4. The Kier molecular flexibility index (Phi) is 7.31. The largest absolute Gasteiger partial charge is 0.334 e. The zero-order chi connectivity index (χ0) is 16.8. The molecule has 0 bridgehead atoms. The minimum absolute atomic E-state index is 0.242. The highest BCUT2D eigenvalue weighted by Gasteiger charge is 2.26. The predicted molar refractivity (Wildman–Crippen MR) is 94.3 cm³/mol. The molecule has 0 amide bonds. The normalized spacial score (nSPS) is 22.2. The summed E-state index contributed by atoms with van der Waals surface area (Å²) in [6, 6.07) is 0. The molecule has 4 heteroatoms. The Morgan fingerprint density at radius 2 is 2.09 bits per heavy atom. The van der Waals surface area contributed by atoms with E-state index in [1.165, 1.54) is 37.5 Å². The monoisotopic (exact) mass is 326 g/mol. The lowest BCUT2D eigenvalue weighted by molar-refractivity contribution is 0.247. The van der Waals surface area contributed by atoms with Crippen LogP contribution in [-0.4, -0.2) is 19.9 Å². The third-order valence-electron chi connectivity index (χ3n) is 4.30. The van der Waals surface area contributed by atoms with Gasteiger partial charge in [0.25, 0.3) is 0 Å². The van der Waals surface area contributed by atoms with Gasteiger partial charge >= 0.3 is 7.60 Å². The maximum atomic E-state index is 12.2. The Labute approximate surface area is 136 Å². The molecule has 0 N–H and O–H groups in total. The molecule has 0 aromatic rings. The van der Waals surface area contributed by atoms with Crippen LogP contribution in [0.3, 0.4) is 0 Å². The van der Waals surface area contributed by atoms with E-state index in [4.69, 9.17) is 9.05 Å². The molecule has 1 unspecified atom stereocenters. The summed E-state index contributed by atoms with van der Waals surface area (Å²) in [5, 5.41) is 0. The third kappa shape index (κ3) is 5.53. The van der Waals surface area contributed by atoms with Gasteiger partial charge in [-0.2, -0.15) is 0 Å². The van der Waals surface area contributed by atoms with Crippen LogP contribution < -0.4 is 0 Å². The van der Waals surface area contributed by atoms with Crippen molar-refractivity contribution in [2.24, 2.45) is 5.41 Å². The van der Waals surface area contributed by atoms with Crippen LogP contribution in [0.5, 0.6) is 0 Å². The molecule has 0 aromatic heterocycles. The van der Waals surface area contributed by atoms with Crippen LogP contribution in [0.2, 0.25) is 0 Å². The maximum absolute atomic E-state index is 12.2. The first-order valence-corrected chi connectivity index (χ1v) is 9.81. The van der Waals surface area contributed by atoms with Crippen molar-refractivity contribution in [2.75, 3.05) is 19.9 Å². The third-order valence-corrected chi connectivity index (χ3v) is 6.13. The van der Waals surface area contributed by atoms with Crippen molar-refractivity contribution in [1.82, 2.24) is 0 Å². The van der Waals surface area contributed by atoms with Crippen LogP contribution in [0.25, 0.3) is 0 Å². The molecule has 22 heavy (non-hydrogen) atoms. The summed E-state index contributed by atoms with van der Waals surface area (Å²) in [4.78, 5) is 0. The van der Waals surface area contributed by atoms with E-state index in [-0.39, 0.29) is 5.41 Å². The van der Waals surface area contributed by atoms with Gasteiger partial charge in [0.05, 0.1) is 12.8 Å². The van der Waals surface area contributed by atoms with E-state index in [1.54, 1.807) is 0 Å². The second kappa shape index (κ2) is 8.29. The smallest absolute Gasteiger partial charge is 0.312 e. The van der Waals surface area contributed by atoms with Gasteiger partial charge in [0.15, 0.2) is 0 Å². The average Bonchev–Trinajstić information content (AvgIpc) is 2.44. The van der Waals surface area contributed by atoms with Gasteiger partial charge in [-0.3, -0.25) is 4.57 Å². The van der Waals surface area contributed by atoms with Crippen LogP contribution in [-0.2, 0) is 13.6 Å². The molecule has 0 saturated heterocycles. The molecule has 1 aliphatic carbocycles. The van der Waals surface area contributed by atoms with E-state index >= 15 is 0 Å². The van der Waals surface area contributed by atoms with Crippen molar-refractivity contribution in [1.29, 1.82) is 0 Å². The van der Waals surface area contributed by atoms with Crippen molar-refractivity contribution in [3.63, 3.8) is 0 Å². The highest BCUT2D eigenvalue weighted by atomic mass is 31.2. The second-order valence-electron chi connectivity index (χ2n) is 6.61. The summed E-state index contributed by atoms with van der Waals surface area (Å²) < 4.78 is 22.5. The molecule has 3 nitrogen and oxygen atoms in total. The van der Waals surface area contributed by atoms with Gasteiger partial charge in [-0.25, -0.2) is 0 Å². The Balaban J connectivity index is 2.81. The molecule has 0 saturated carbocycles. The fourth-order valence-electron chi connectivity index (χ4n) is 2.93. The Morgan fingerprint density at radius 1 is 1.41 bits per heavy atom. The summed E-state index contributed by atoms with van der Waals surface area (Å²) in [5.74, 6) is 0. The molecule has 0 radical (unpaired) electrons. The lowest BCUT2D eigenvalue weighted by atomic mass is 9.72. The lowest BCUT2D eigenvalue weighted by Gasteiger charge is -2.32. The molecule has 0 aromatic carbocycles. The lowest BCUT2D eigenvalue weighted by Crippen LogP contribution is -2.19. The molecular formula is C18H31O3P. The molecule has 1 rings (SSSR count). The molecule has 1 aliphatic rings. The van der Waals surface area contributed by atoms with Crippen molar-refractivity contribution in [3.05, 3.63) is 34.9 Å². The van der Waals surface area contributed by atoms with Crippen molar-refractivity contribution in [2.45, 2.75) is 53.9 Å². The van der Waals surface area contributed by atoms with Gasteiger partial charge in [-0.1, -0.05) is 43.2 Å². The van der Waals surface area contributed by atoms with Gasteiger partial charge in [0, 0.05) is 7.11 Å². The first-order valence-electron chi connectivity index (χ1n) is 8.08. The molecule has 1 atom stereocenters. The van der Waals surface area contributed by atoms with E-state index in [9.17, 15) is 4.57 Å². The molecular weight excluding hydrogens is 295 g/mol. The summed E-state index contributed by atoms with van der Waals surface area (Å²) in [6.07, 6.45) is 10.3. The summed E-state index contributed by atoms with van der Waals surface area (Å²) in [5.41, 5.74) is 4.24. The van der Waals surface area contributed by atoms with E-state index in [0.717, 1.165) is 5.57 Å². The maximum Gasteiger partial charge on any atom is 0.334 e. The van der Waals surface area contributed by atoms with Crippen molar-refractivity contribution >= 4 is 7.60 Å². The van der Waals surface area contributed by atoms with Crippen molar-refractivity contribution < 1.29 is 13.6 Å². The van der Waals surface area contributed by atoms with Gasteiger partial charge in [-0.05, 0) is 51.0 Å². The van der Waals surface area contributed by atoms with E-state index in [2.05, 4.69) is 32.9 Å². The topological polar surface area (TPSA) is 35.5 Å². The Hall–Kier alpha value is -0.630. The van der Waals surface area contributed by atoms with E-state index < -0.39 is 7.60 Å². The van der Waals surface area contributed by atoms with E-state index in [1.807, 2.05) is 19.9 Å². The summed E-state index contributed by atoms with van der Waals surface area (Å²) >= 11 is 0. The van der Waals surface area contributed by atoms with Crippen LogP contribution in [0.15, 0.2) is 34.9 Å². The fraction of sp³-hybridized carbons (Fsp3) is 0.667. The van der Waals surface area contributed by atoms with Crippen LogP contribution in [0.4, 0.5) is 0 Å². The molecule has 0 heterocycles. The highest BCUT2D eigenvalue weighted by Crippen LogP contribution is 2.47. The minimum atomic E-state index is -2.97. The SMILES string of the molecule is CCOP(=O)(C/C=C(C)/C=C/C1=C(C)CCCC1(C)C)OC. The number of rotatable bonds is 7. The fourth-order valence-corrected chi connectivity index (χ4v) is 4.19. The molecule has 0 aliphatic heterocycles. The van der Waals surface area contributed by atoms with Gasteiger partial charge in [0.1, 0.15) is 0 Å². The molecule has 126 valence electrons. The zero-order valence-electron chi connectivity index (χ0n) is 14.9. The average molecular weight is 326 g/mol. The zero-order valence-corrected chi connectivity index (χ0v) is 15.8. The summed E-state index contributed by atoms with van der Waals surface area (Å²) in [6.45, 7) is 11.1. The molecule has 0 spiro atoms. The molecule has 0 fully saturated rings. The highest BCUT2D eigenvalue weighted by molar-refractivity contribution is 7.54. The standard InChI is InChI=1S/C18H31O3P/c1-7-21-22(19,20-6)14-12-15(2)10-11-17-16(3)9-8-13-18(17,4)5/h10-12H,7-9,13-14H2,1-6H3/b11-10+,15-12+. The summed E-state index contributed by atoms with van der Waals surface area (Å²) in [7, 11) is -1.53. The first-order chi connectivity index (χ1) is 10.2. The minimum Gasteiger partial charge on any atom is -0.312 e. The van der Waals surface area contributed by atoms with Gasteiger partial charge in [0.2, 0.25) is 0 Å². The van der Waals surface area contributed by atoms with Crippen LogP contribution >= 0.6 is 7.60 Å². The van der Waals surface area contributed by atoms with Crippen LogP contribution in [0.1, 0.15) is 53.9 Å². The van der Waals surface area contributed by atoms with E-state index in [0.29, 0.717) is 12.8 Å². The quantitative estimate of drug-likeness (QED) is 0.432. The number of allylic oxidation sites excluding steroid dienone is 6. The van der Waals surface area contributed by atoms with Crippen molar-refractivity contribution in [3.8, 4) is 0 Å². The van der Waals surface area contributed by atoms with Crippen LogP contribution in [0, 0.1) is 5.41 Å². The van der Waals surface area contributed by atoms with Gasteiger partial charge < -0.3 is 9.05 Å². The Bertz CT molecular complexity index is 512. The predicted octanol–water partition coefficient (Wildman–Crippen LogP) is 5.89. The van der Waals surface area contributed by atoms with Gasteiger partial charge in [-0.15, -0.1) is 0 Å². The Morgan fingerprint density at radius 3 is 2.64 bits per heavy atom. The second-order valence-corrected chi connectivity index (χ2v) is 8.82. The number of hydrogen-bond donors (Lipinski definition) is 0.